The lowest BCUT2D eigenvalue weighted by molar-refractivity contribution is 0.209. The number of aryl methyl sites for hydroxylation is 1. The van der Waals surface area contributed by atoms with Crippen molar-refractivity contribution in [3.8, 4) is 0 Å². The standard InChI is InChI=1S/C10H13ClN2O3/c11-9-5-7(3-1-2-4-14)8(6-12-9)13-10(15)16/h5-6,13-14H,1-4H2,(H,15,16). The van der Waals surface area contributed by atoms with E-state index in [1.54, 1.807) is 6.07 Å². The summed E-state index contributed by atoms with van der Waals surface area (Å²) in [6, 6.07) is 1.63. The predicted octanol–water partition coefficient (Wildman–Crippen LogP) is 2.14. The van der Waals surface area contributed by atoms with E-state index in [2.05, 4.69) is 10.3 Å². The topological polar surface area (TPSA) is 82.5 Å². The van der Waals surface area contributed by atoms with Crippen LogP contribution in [0.5, 0.6) is 0 Å². The highest BCUT2D eigenvalue weighted by Gasteiger charge is 2.06. The summed E-state index contributed by atoms with van der Waals surface area (Å²) in [5, 5.41) is 19.9. The van der Waals surface area contributed by atoms with Crippen LogP contribution in [0.15, 0.2) is 12.3 Å². The van der Waals surface area contributed by atoms with Gasteiger partial charge in [-0.25, -0.2) is 9.78 Å². The lowest BCUT2D eigenvalue weighted by Crippen LogP contribution is -2.10. The van der Waals surface area contributed by atoms with Crippen LogP contribution in [-0.4, -0.2) is 27.9 Å². The minimum atomic E-state index is -1.13. The molecule has 1 amide bonds. The van der Waals surface area contributed by atoms with E-state index >= 15 is 0 Å². The fourth-order valence-electron chi connectivity index (χ4n) is 1.33. The second kappa shape index (κ2) is 6.30. The summed E-state index contributed by atoms with van der Waals surface area (Å²) in [5.74, 6) is 0. The van der Waals surface area contributed by atoms with E-state index in [1.165, 1.54) is 6.20 Å². The molecule has 0 aliphatic rings. The van der Waals surface area contributed by atoms with Crippen LogP contribution >= 0.6 is 11.6 Å². The number of hydrogen-bond acceptors (Lipinski definition) is 3. The maximum atomic E-state index is 10.5. The SMILES string of the molecule is O=C(O)Nc1cnc(Cl)cc1CCCCO. The lowest BCUT2D eigenvalue weighted by atomic mass is 10.1. The van der Waals surface area contributed by atoms with Crippen molar-refractivity contribution in [1.29, 1.82) is 0 Å². The first-order valence-corrected chi connectivity index (χ1v) is 5.26. The summed E-state index contributed by atoms with van der Waals surface area (Å²) >= 11 is 5.73. The third kappa shape index (κ3) is 4.04. The van der Waals surface area contributed by atoms with E-state index in [9.17, 15) is 4.79 Å². The molecule has 5 nitrogen and oxygen atoms in total. The Bertz CT molecular complexity index is 371. The molecule has 0 fully saturated rings. The van der Waals surface area contributed by atoms with Crippen molar-refractivity contribution in [1.82, 2.24) is 4.98 Å². The first kappa shape index (κ1) is 12.7. The van der Waals surface area contributed by atoms with Crippen molar-refractivity contribution in [3.63, 3.8) is 0 Å². The van der Waals surface area contributed by atoms with Crippen LogP contribution in [0, 0.1) is 0 Å². The molecule has 0 saturated carbocycles. The van der Waals surface area contributed by atoms with Gasteiger partial charge in [0, 0.05) is 6.61 Å². The highest BCUT2D eigenvalue weighted by molar-refractivity contribution is 6.29. The van der Waals surface area contributed by atoms with Crippen molar-refractivity contribution < 1.29 is 15.0 Å². The number of aliphatic hydroxyl groups is 1. The molecule has 0 aromatic carbocycles. The van der Waals surface area contributed by atoms with Crippen LogP contribution in [0.25, 0.3) is 0 Å². The van der Waals surface area contributed by atoms with Crippen molar-refractivity contribution >= 4 is 23.4 Å². The molecule has 88 valence electrons. The number of rotatable bonds is 5. The number of pyridine rings is 1. The van der Waals surface area contributed by atoms with Gasteiger partial charge in [0.1, 0.15) is 5.15 Å². The molecule has 3 N–H and O–H groups in total. The summed E-state index contributed by atoms with van der Waals surface area (Å²) in [6.07, 6.45) is 2.35. The Morgan fingerprint density at radius 1 is 1.50 bits per heavy atom. The van der Waals surface area contributed by atoms with Gasteiger partial charge in [-0.2, -0.15) is 0 Å². The van der Waals surface area contributed by atoms with E-state index in [0.717, 1.165) is 12.0 Å². The molecule has 0 bridgehead atoms. The molecule has 0 radical (unpaired) electrons. The molecule has 0 spiro atoms. The molecular weight excluding hydrogens is 232 g/mol. The van der Waals surface area contributed by atoms with Crippen LogP contribution in [0.3, 0.4) is 0 Å². The van der Waals surface area contributed by atoms with Gasteiger partial charge in [0.2, 0.25) is 0 Å². The Labute approximate surface area is 98.1 Å². The molecular formula is C10H13ClN2O3. The summed E-state index contributed by atoms with van der Waals surface area (Å²) in [4.78, 5) is 14.3. The molecule has 6 heteroatoms. The van der Waals surface area contributed by atoms with Crippen molar-refractivity contribution in [3.05, 3.63) is 23.0 Å². The van der Waals surface area contributed by atoms with Crippen molar-refractivity contribution in [2.24, 2.45) is 0 Å². The van der Waals surface area contributed by atoms with Crippen LogP contribution in [0.1, 0.15) is 18.4 Å². The maximum absolute atomic E-state index is 10.5. The number of amides is 1. The van der Waals surface area contributed by atoms with E-state index < -0.39 is 6.09 Å². The number of carbonyl (C=O) groups is 1. The first-order valence-electron chi connectivity index (χ1n) is 4.88. The van der Waals surface area contributed by atoms with Gasteiger partial charge < -0.3 is 10.2 Å². The van der Waals surface area contributed by atoms with Gasteiger partial charge in [0.15, 0.2) is 0 Å². The second-order valence-electron chi connectivity index (χ2n) is 3.28. The Morgan fingerprint density at radius 2 is 2.25 bits per heavy atom. The van der Waals surface area contributed by atoms with Crippen molar-refractivity contribution in [2.45, 2.75) is 19.3 Å². The molecule has 1 aromatic heterocycles. The number of aromatic nitrogens is 1. The summed E-state index contributed by atoms with van der Waals surface area (Å²) in [6.45, 7) is 0.126. The zero-order valence-electron chi connectivity index (χ0n) is 8.61. The Hall–Kier alpha value is -1.33. The van der Waals surface area contributed by atoms with E-state index in [4.69, 9.17) is 21.8 Å². The van der Waals surface area contributed by atoms with E-state index in [-0.39, 0.29) is 6.61 Å². The molecule has 0 aliphatic carbocycles. The minimum absolute atomic E-state index is 0.126. The Morgan fingerprint density at radius 3 is 2.88 bits per heavy atom. The number of anilines is 1. The smallest absolute Gasteiger partial charge is 0.409 e. The second-order valence-corrected chi connectivity index (χ2v) is 3.66. The normalized spacial score (nSPS) is 10.1. The highest BCUT2D eigenvalue weighted by Crippen LogP contribution is 2.20. The summed E-state index contributed by atoms with van der Waals surface area (Å²) in [7, 11) is 0. The van der Waals surface area contributed by atoms with Gasteiger partial charge in [0.25, 0.3) is 0 Å². The average Bonchev–Trinajstić information content (AvgIpc) is 2.22. The third-order valence-electron chi connectivity index (χ3n) is 2.05. The fraction of sp³-hybridized carbons (Fsp3) is 0.400. The first-order chi connectivity index (χ1) is 7.63. The Balaban J connectivity index is 2.76. The van der Waals surface area contributed by atoms with Gasteiger partial charge in [-0.15, -0.1) is 0 Å². The lowest BCUT2D eigenvalue weighted by Gasteiger charge is -2.08. The fourth-order valence-corrected chi connectivity index (χ4v) is 1.51. The molecule has 0 saturated heterocycles. The Kier molecular flexibility index (Phi) is 5.01. The zero-order valence-corrected chi connectivity index (χ0v) is 9.37. The van der Waals surface area contributed by atoms with Gasteiger partial charge in [-0.05, 0) is 30.9 Å². The summed E-state index contributed by atoms with van der Waals surface area (Å²) in [5.41, 5.74) is 1.23. The monoisotopic (exact) mass is 244 g/mol. The zero-order chi connectivity index (χ0) is 12.0. The number of hydrogen-bond donors (Lipinski definition) is 3. The molecule has 1 rings (SSSR count). The number of halogens is 1. The number of nitrogens with zero attached hydrogens (tertiary/aromatic N) is 1. The number of nitrogens with one attached hydrogen (secondary N) is 1. The third-order valence-corrected chi connectivity index (χ3v) is 2.26. The molecule has 1 heterocycles. The molecule has 16 heavy (non-hydrogen) atoms. The van der Waals surface area contributed by atoms with Gasteiger partial charge in [-0.3, -0.25) is 5.32 Å². The van der Waals surface area contributed by atoms with Gasteiger partial charge in [-0.1, -0.05) is 11.6 Å². The highest BCUT2D eigenvalue weighted by atomic mass is 35.5. The molecule has 0 atom stereocenters. The molecule has 1 aromatic rings. The van der Waals surface area contributed by atoms with Gasteiger partial charge in [0.05, 0.1) is 11.9 Å². The van der Waals surface area contributed by atoms with Crippen LogP contribution in [-0.2, 0) is 6.42 Å². The molecule has 0 unspecified atom stereocenters. The van der Waals surface area contributed by atoms with Crippen molar-refractivity contribution in [2.75, 3.05) is 11.9 Å². The number of aliphatic hydroxyl groups excluding tert-OH is 1. The maximum Gasteiger partial charge on any atom is 0.409 e. The summed E-state index contributed by atoms with van der Waals surface area (Å²) < 4.78 is 0. The molecule has 0 aliphatic heterocycles. The van der Waals surface area contributed by atoms with E-state index in [0.29, 0.717) is 23.7 Å². The van der Waals surface area contributed by atoms with Crippen LogP contribution in [0.4, 0.5) is 10.5 Å². The number of unbranched alkanes of at least 4 members (excludes halogenated alkanes) is 1. The van der Waals surface area contributed by atoms with Crippen LogP contribution < -0.4 is 5.32 Å². The largest absolute Gasteiger partial charge is 0.465 e. The number of carboxylic acid groups (broad SMARTS) is 1. The minimum Gasteiger partial charge on any atom is -0.465 e. The van der Waals surface area contributed by atoms with Crippen LogP contribution in [0.2, 0.25) is 5.15 Å². The average molecular weight is 245 g/mol. The predicted molar refractivity (Wildman–Crippen MR) is 60.9 cm³/mol. The quantitative estimate of drug-likeness (QED) is 0.547. The van der Waals surface area contributed by atoms with E-state index in [1.807, 2.05) is 0 Å². The van der Waals surface area contributed by atoms with Gasteiger partial charge >= 0.3 is 6.09 Å².